The van der Waals surface area contributed by atoms with Crippen LogP contribution in [-0.2, 0) is 45.6 Å². The van der Waals surface area contributed by atoms with Gasteiger partial charge in [-0.2, -0.15) is 0 Å². The molecule has 38 heavy (non-hydrogen) atoms. The smallest absolute Gasteiger partial charge is 0 e. The van der Waals surface area contributed by atoms with Crippen LogP contribution in [0.4, 0.5) is 0 Å². The van der Waals surface area contributed by atoms with Crippen LogP contribution in [0.3, 0.4) is 0 Å². The fraction of sp³-hybridized carbons (Fsp3) is 0.483. The van der Waals surface area contributed by atoms with E-state index in [-0.39, 0.29) is 38.4 Å². The first kappa shape index (κ1) is 39.8. The third kappa shape index (κ3) is 20.4. The minimum absolute atomic E-state index is 0. The van der Waals surface area contributed by atoms with Gasteiger partial charge in [-0.05, 0) is 30.5 Å². The standard InChI is InChI=1S/C26H36O5.3CO.Re/c27-23(21-13-11-12-14-21)15-9-7-5-3-1-2-4-6-8-10-16-24(28)25-19-17-22(31-25)18-20-26(29)30;3*1-2;/h11-14,17,19,27H,1-10,15-16,18,20H2,(H,29,30);;;;/p-1. The predicted octanol–water partition coefficient (Wildman–Crippen LogP) is 5.79. The third-order valence-electron chi connectivity index (χ3n) is 5.56. The second kappa shape index (κ2) is 28.9. The first-order chi connectivity index (χ1) is 18.1. The number of aliphatic carboxylic acids is 1. The number of carboxylic acid groups (broad SMARTS) is 1. The fourth-order valence-electron chi connectivity index (χ4n) is 3.71. The van der Waals surface area contributed by atoms with Crippen molar-refractivity contribution < 1.29 is 58.6 Å². The average Bonchev–Trinajstić information content (AvgIpc) is 3.64. The fourth-order valence-corrected chi connectivity index (χ4v) is 3.71. The summed E-state index contributed by atoms with van der Waals surface area (Å²) in [5.41, 5.74) is 0.839. The molecule has 0 aliphatic heterocycles. The van der Waals surface area contributed by atoms with Crippen LogP contribution >= 0.6 is 0 Å². The maximum absolute atomic E-state index is 12.1. The van der Waals surface area contributed by atoms with Crippen LogP contribution in [-0.4, -0.2) is 16.9 Å². The molecule has 0 aromatic carbocycles. The molecule has 0 unspecified atom stereocenters. The Bertz CT molecular complexity index is 890. The number of allylic oxidation sites excluding steroid dienone is 6. The first-order valence-corrected chi connectivity index (χ1v) is 12.3. The van der Waals surface area contributed by atoms with Gasteiger partial charge in [0.25, 0.3) is 0 Å². The van der Waals surface area contributed by atoms with Gasteiger partial charge in [-0.3, -0.25) is 9.59 Å². The van der Waals surface area contributed by atoms with Crippen molar-refractivity contribution in [3.63, 3.8) is 0 Å². The Morgan fingerprint density at radius 3 is 1.66 bits per heavy atom. The summed E-state index contributed by atoms with van der Waals surface area (Å²) in [7, 11) is 0. The number of carboxylic acids is 1. The van der Waals surface area contributed by atoms with Crippen LogP contribution in [0.15, 0.2) is 52.2 Å². The molecular weight excluding hydrogens is 663 g/mol. The summed E-state index contributed by atoms with van der Waals surface area (Å²) >= 11 is 0. The Labute approximate surface area is 239 Å². The number of furan rings is 1. The Balaban J connectivity index is -0.00000163. The van der Waals surface area contributed by atoms with E-state index < -0.39 is 5.97 Å². The van der Waals surface area contributed by atoms with E-state index in [4.69, 9.17) is 23.5 Å². The maximum Gasteiger partial charge on any atom is 0 e. The largest absolute Gasteiger partial charge is 0 e. The molecule has 1 aliphatic carbocycles. The molecule has 1 aromatic heterocycles. The van der Waals surface area contributed by atoms with Gasteiger partial charge in [-0.15, -0.1) is 5.76 Å². The number of unbranched alkanes of at least 4 members (excludes halogenated alkanes) is 9. The molecule has 0 spiro atoms. The summed E-state index contributed by atoms with van der Waals surface area (Å²) in [5, 5.41) is 20.6. The summed E-state index contributed by atoms with van der Waals surface area (Å²) in [6, 6.07) is 3.34. The molecule has 1 N–H and O–H groups in total. The van der Waals surface area contributed by atoms with Crippen LogP contribution < -0.4 is 5.11 Å². The van der Waals surface area contributed by atoms with E-state index in [1.807, 2.05) is 24.3 Å². The van der Waals surface area contributed by atoms with E-state index in [9.17, 15) is 14.7 Å². The number of hydrogen-bond donors (Lipinski definition) is 1. The molecule has 0 atom stereocenters. The van der Waals surface area contributed by atoms with Crippen molar-refractivity contribution in [3.05, 3.63) is 79.2 Å². The van der Waals surface area contributed by atoms with E-state index in [0.717, 1.165) is 37.7 Å². The van der Waals surface area contributed by atoms with Crippen LogP contribution in [0, 0.1) is 20.0 Å². The van der Waals surface area contributed by atoms with Crippen LogP contribution in [0.5, 0.6) is 0 Å². The van der Waals surface area contributed by atoms with Crippen molar-refractivity contribution in [1.82, 2.24) is 0 Å². The van der Waals surface area contributed by atoms with Gasteiger partial charge in [0.15, 0.2) is 11.5 Å². The molecule has 1 heterocycles. The summed E-state index contributed by atoms with van der Waals surface area (Å²) in [5.74, 6) is 0.286. The Kier molecular flexibility index (Phi) is 30.3. The molecule has 0 saturated carbocycles. The zero-order valence-electron chi connectivity index (χ0n) is 21.5. The van der Waals surface area contributed by atoms with E-state index in [1.165, 1.54) is 32.1 Å². The van der Waals surface area contributed by atoms with Crippen molar-refractivity contribution in [1.29, 1.82) is 0 Å². The summed E-state index contributed by atoms with van der Waals surface area (Å²) in [6.07, 6.45) is 20.3. The van der Waals surface area contributed by atoms with Gasteiger partial charge < -0.3 is 14.6 Å². The second-order valence-corrected chi connectivity index (χ2v) is 8.22. The van der Waals surface area contributed by atoms with Crippen molar-refractivity contribution in [2.75, 3.05) is 0 Å². The minimum Gasteiger partial charge on any atom is 0 e. The second-order valence-electron chi connectivity index (χ2n) is 8.22. The Morgan fingerprint density at radius 1 is 0.737 bits per heavy atom. The SMILES string of the molecule is O=C(O)CCc1ccc(C(=O)CCCCCCCCCCCCC([O-])=C2C=CC=C2)o1.[C-]#[O+].[C-]#[O+].[C-]#[O+].[Re]. The number of hydrogen-bond acceptors (Lipinski definition) is 4. The van der Waals surface area contributed by atoms with E-state index in [2.05, 4.69) is 20.0 Å². The molecule has 207 valence electrons. The van der Waals surface area contributed by atoms with Gasteiger partial charge in [0.05, 0.1) is 6.42 Å². The topological polar surface area (TPSA) is 150 Å². The van der Waals surface area contributed by atoms with E-state index >= 15 is 0 Å². The molecular formula is C29H35O8Re-. The normalized spacial score (nSPS) is 10.4. The molecule has 8 nitrogen and oxygen atoms in total. The summed E-state index contributed by atoms with van der Waals surface area (Å²) < 4.78 is 27.9. The third-order valence-corrected chi connectivity index (χ3v) is 5.56. The van der Waals surface area contributed by atoms with Crippen molar-refractivity contribution in [3.8, 4) is 0 Å². The van der Waals surface area contributed by atoms with Crippen LogP contribution in [0.1, 0.15) is 99.8 Å². The monoisotopic (exact) mass is 698 g/mol. The van der Waals surface area contributed by atoms with Crippen molar-refractivity contribution in [2.24, 2.45) is 0 Å². The van der Waals surface area contributed by atoms with E-state index in [0.29, 0.717) is 30.8 Å². The zero-order valence-corrected chi connectivity index (χ0v) is 24.3. The average molecular weight is 698 g/mol. The van der Waals surface area contributed by atoms with Crippen LogP contribution in [0.2, 0.25) is 0 Å². The number of carbonyl (C=O) groups excluding carboxylic acids is 1. The van der Waals surface area contributed by atoms with E-state index in [1.54, 1.807) is 12.1 Å². The molecule has 1 radical (unpaired) electrons. The minimum atomic E-state index is -0.870. The molecule has 0 amide bonds. The number of Topliss-reactive ketones (excluding diaryl/α,β-unsaturated/α-hetero) is 1. The van der Waals surface area contributed by atoms with Crippen LogP contribution in [0.25, 0.3) is 0 Å². The first-order valence-electron chi connectivity index (χ1n) is 12.3. The van der Waals surface area contributed by atoms with Crippen molar-refractivity contribution in [2.45, 2.75) is 89.9 Å². The van der Waals surface area contributed by atoms with Gasteiger partial charge in [0, 0.05) is 33.3 Å². The van der Waals surface area contributed by atoms with Gasteiger partial charge in [0.2, 0.25) is 0 Å². The van der Waals surface area contributed by atoms with Gasteiger partial charge >= 0.3 is 39.9 Å². The molecule has 1 aromatic rings. The molecule has 1 aliphatic rings. The zero-order chi connectivity index (χ0) is 28.3. The van der Waals surface area contributed by atoms with Gasteiger partial charge in [-0.25, -0.2) is 0 Å². The summed E-state index contributed by atoms with van der Waals surface area (Å²) in [4.78, 5) is 22.7. The summed E-state index contributed by atoms with van der Waals surface area (Å²) in [6.45, 7) is 13.5. The number of rotatable bonds is 17. The number of ketones is 1. The van der Waals surface area contributed by atoms with Crippen molar-refractivity contribution >= 4 is 11.8 Å². The molecule has 9 heteroatoms. The molecule has 0 saturated heterocycles. The Hall–Kier alpha value is -2.68. The number of aryl methyl sites for hydroxylation is 1. The Morgan fingerprint density at radius 2 is 1.18 bits per heavy atom. The quantitative estimate of drug-likeness (QED) is 0.0719. The van der Waals surface area contributed by atoms with Gasteiger partial charge in [0.1, 0.15) is 5.76 Å². The molecule has 0 fully saturated rings. The van der Waals surface area contributed by atoms with Gasteiger partial charge in [-0.1, -0.05) is 82.1 Å². The molecule has 0 bridgehead atoms. The predicted molar refractivity (Wildman–Crippen MR) is 131 cm³/mol. The maximum atomic E-state index is 12.1. The number of carbonyl (C=O) groups is 2. The molecule has 2 rings (SSSR count).